The number of halogens is 3. The van der Waals surface area contributed by atoms with E-state index in [1.807, 2.05) is 16.7 Å². The van der Waals surface area contributed by atoms with E-state index < -0.39 is 24.2 Å². The summed E-state index contributed by atoms with van der Waals surface area (Å²) in [4.78, 5) is 15.2. The Labute approximate surface area is 187 Å². The van der Waals surface area contributed by atoms with Gasteiger partial charge < -0.3 is 18.9 Å². The van der Waals surface area contributed by atoms with E-state index in [4.69, 9.17) is 14.4 Å². The fraction of sp³-hybridized carbons (Fsp3) is 0.348. The van der Waals surface area contributed by atoms with Crippen LogP contribution in [-0.4, -0.2) is 44.2 Å². The molecule has 1 aliphatic rings. The van der Waals surface area contributed by atoms with Crippen LogP contribution in [0.2, 0.25) is 0 Å². The van der Waals surface area contributed by atoms with Gasteiger partial charge in [-0.25, -0.2) is 0 Å². The van der Waals surface area contributed by atoms with Gasteiger partial charge in [0, 0.05) is 34.8 Å². The number of rotatable bonds is 7. The third-order valence-electron chi connectivity index (χ3n) is 5.28. The number of nitrogens with zero attached hydrogens (tertiary/aromatic N) is 3. The zero-order valence-corrected chi connectivity index (χ0v) is 17.9. The molecule has 0 aliphatic heterocycles. The van der Waals surface area contributed by atoms with E-state index in [1.165, 1.54) is 12.2 Å². The molecule has 3 aromatic rings. The Morgan fingerprint density at radius 3 is 2.79 bits per heavy atom. The predicted molar refractivity (Wildman–Crippen MR) is 114 cm³/mol. The Bertz CT molecular complexity index is 1220. The maximum absolute atomic E-state index is 13.6. The molecule has 1 aliphatic carbocycles. The highest BCUT2D eigenvalue weighted by Crippen LogP contribution is 2.38. The molecule has 1 aromatic carbocycles. The Hall–Kier alpha value is -3.40. The van der Waals surface area contributed by atoms with Crippen LogP contribution in [0.5, 0.6) is 0 Å². The van der Waals surface area contributed by atoms with Gasteiger partial charge in [-0.05, 0) is 26.0 Å². The van der Waals surface area contributed by atoms with Crippen molar-refractivity contribution in [3.63, 3.8) is 0 Å². The summed E-state index contributed by atoms with van der Waals surface area (Å²) in [6.07, 6.45) is -0.337. The molecule has 2 aromatic heterocycles. The normalized spacial score (nSPS) is 18.8. The number of fused-ring (bicyclic) bond motifs is 1. The molecule has 0 saturated heterocycles. The molecule has 10 heteroatoms. The van der Waals surface area contributed by atoms with Crippen molar-refractivity contribution in [1.29, 1.82) is 0 Å². The molecular formula is C23H22F3N3O4. The van der Waals surface area contributed by atoms with Crippen molar-refractivity contribution in [2.75, 3.05) is 0 Å². The van der Waals surface area contributed by atoms with E-state index in [0.717, 1.165) is 17.0 Å². The summed E-state index contributed by atoms with van der Waals surface area (Å²) in [6.45, 7) is 3.66. The van der Waals surface area contributed by atoms with Gasteiger partial charge in [0.15, 0.2) is 0 Å². The summed E-state index contributed by atoms with van der Waals surface area (Å²) in [6, 6.07) is 7.21. The minimum atomic E-state index is -4.50. The SMILES string of the molecule is CC(C)OC1C=CC(c2nc(-c3cccc4c3ccn4CCC(=O)O)no2)=CC1C(F)(F)F. The highest BCUT2D eigenvalue weighted by molar-refractivity contribution is 5.94. The lowest BCUT2D eigenvalue weighted by Crippen LogP contribution is -2.36. The summed E-state index contributed by atoms with van der Waals surface area (Å²) in [5.74, 6) is -2.53. The Balaban J connectivity index is 1.64. The maximum Gasteiger partial charge on any atom is 0.397 e. The van der Waals surface area contributed by atoms with Crippen LogP contribution < -0.4 is 0 Å². The van der Waals surface area contributed by atoms with Gasteiger partial charge in [-0.3, -0.25) is 4.79 Å². The van der Waals surface area contributed by atoms with Gasteiger partial charge in [0.1, 0.15) is 5.92 Å². The number of alkyl halides is 3. The second kappa shape index (κ2) is 8.86. The number of ether oxygens (including phenoxy) is 1. The number of benzene rings is 1. The van der Waals surface area contributed by atoms with Crippen LogP contribution in [0.1, 0.15) is 26.2 Å². The minimum Gasteiger partial charge on any atom is -0.481 e. The minimum absolute atomic E-state index is 0.0251. The third kappa shape index (κ3) is 4.85. The molecule has 0 fully saturated rings. The second-order valence-corrected chi connectivity index (χ2v) is 8.01. The van der Waals surface area contributed by atoms with Gasteiger partial charge in [-0.1, -0.05) is 35.5 Å². The number of carboxylic acid groups (broad SMARTS) is 1. The first-order valence-electron chi connectivity index (χ1n) is 10.4. The summed E-state index contributed by atoms with van der Waals surface area (Å²) in [5, 5.41) is 13.7. The summed E-state index contributed by atoms with van der Waals surface area (Å²) in [7, 11) is 0. The van der Waals surface area contributed by atoms with E-state index in [9.17, 15) is 18.0 Å². The average molecular weight is 461 g/mol. The van der Waals surface area contributed by atoms with Crippen molar-refractivity contribution < 1.29 is 32.3 Å². The number of hydrogen-bond donors (Lipinski definition) is 1. The second-order valence-electron chi connectivity index (χ2n) is 8.01. The van der Waals surface area contributed by atoms with E-state index in [2.05, 4.69) is 10.1 Å². The molecule has 2 atom stereocenters. The first-order chi connectivity index (χ1) is 15.6. The van der Waals surface area contributed by atoms with Gasteiger partial charge in [-0.15, -0.1) is 0 Å². The van der Waals surface area contributed by atoms with Gasteiger partial charge in [0.25, 0.3) is 5.89 Å². The maximum atomic E-state index is 13.6. The third-order valence-corrected chi connectivity index (χ3v) is 5.28. The standard InChI is InChI=1S/C23H22F3N3O4/c1-13(2)32-19-7-6-14(12-17(19)23(24,25)26)22-27-21(28-33-22)16-4-3-5-18-15(16)8-10-29(18)11-9-20(30)31/h3-8,10,12-13,17,19H,9,11H2,1-2H3,(H,30,31). The molecule has 174 valence electrons. The van der Waals surface area contributed by atoms with Crippen molar-refractivity contribution in [3.8, 4) is 11.4 Å². The molecule has 2 unspecified atom stereocenters. The highest BCUT2D eigenvalue weighted by Gasteiger charge is 2.45. The number of aliphatic carboxylic acids is 1. The number of carbonyl (C=O) groups is 1. The molecule has 7 nitrogen and oxygen atoms in total. The van der Waals surface area contributed by atoms with Crippen LogP contribution in [0.3, 0.4) is 0 Å². The number of hydrogen-bond acceptors (Lipinski definition) is 5. The zero-order valence-electron chi connectivity index (χ0n) is 17.9. The van der Waals surface area contributed by atoms with Crippen molar-refractivity contribution in [2.24, 2.45) is 5.92 Å². The lowest BCUT2D eigenvalue weighted by molar-refractivity contribution is -0.189. The Morgan fingerprint density at radius 1 is 1.30 bits per heavy atom. The van der Waals surface area contributed by atoms with Crippen LogP contribution in [0.25, 0.3) is 27.9 Å². The van der Waals surface area contributed by atoms with Gasteiger partial charge in [0.05, 0.1) is 18.6 Å². The number of carboxylic acids is 1. The Morgan fingerprint density at radius 2 is 2.09 bits per heavy atom. The first kappa shape index (κ1) is 22.8. The van der Waals surface area contributed by atoms with Crippen LogP contribution in [0.4, 0.5) is 13.2 Å². The molecule has 2 heterocycles. The van der Waals surface area contributed by atoms with Crippen LogP contribution >= 0.6 is 0 Å². The molecule has 33 heavy (non-hydrogen) atoms. The highest BCUT2D eigenvalue weighted by atomic mass is 19.4. The monoisotopic (exact) mass is 461 g/mol. The van der Waals surface area contributed by atoms with Crippen LogP contribution in [0, 0.1) is 5.92 Å². The fourth-order valence-corrected chi connectivity index (χ4v) is 3.81. The van der Waals surface area contributed by atoms with Crippen molar-refractivity contribution in [1.82, 2.24) is 14.7 Å². The van der Waals surface area contributed by atoms with Crippen LogP contribution in [-0.2, 0) is 16.1 Å². The van der Waals surface area contributed by atoms with E-state index in [-0.39, 0.29) is 29.8 Å². The zero-order chi connectivity index (χ0) is 23.8. The van der Waals surface area contributed by atoms with Crippen molar-refractivity contribution >= 4 is 22.4 Å². The van der Waals surface area contributed by atoms with Gasteiger partial charge >= 0.3 is 12.1 Å². The van der Waals surface area contributed by atoms with Gasteiger partial charge in [-0.2, -0.15) is 18.2 Å². The largest absolute Gasteiger partial charge is 0.481 e. The summed E-state index contributed by atoms with van der Waals surface area (Å²) in [5.41, 5.74) is 1.60. The Kier molecular flexibility index (Phi) is 6.11. The lowest BCUT2D eigenvalue weighted by Gasteiger charge is -2.28. The lowest BCUT2D eigenvalue weighted by atomic mass is 9.92. The predicted octanol–water partition coefficient (Wildman–Crippen LogP) is 5.09. The molecule has 4 rings (SSSR count). The molecule has 0 amide bonds. The van der Waals surface area contributed by atoms with E-state index >= 15 is 0 Å². The molecule has 0 radical (unpaired) electrons. The van der Waals surface area contributed by atoms with E-state index in [0.29, 0.717) is 12.1 Å². The summed E-state index contributed by atoms with van der Waals surface area (Å²) >= 11 is 0. The quantitative estimate of drug-likeness (QED) is 0.527. The molecule has 1 N–H and O–H groups in total. The smallest absolute Gasteiger partial charge is 0.397 e. The van der Waals surface area contributed by atoms with Gasteiger partial charge in [0.2, 0.25) is 5.82 Å². The van der Waals surface area contributed by atoms with Crippen molar-refractivity contribution in [2.45, 2.75) is 45.2 Å². The number of allylic oxidation sites excluding steroid dienone is 2. The first-order valence-corrected chi connectivity index (χ1v) is 10.4. The molecule has 0 bridgehead atoms. The fourth-order valence-electron chi connectivity index (χ4n) is 3.81. The molecular weight excluding hydrogens is 439 g/mol. The van der Waals surface area contributed by atoms with Crippen molar-refractivity contribution in [3.05, 3.63) is 54.6 Å². The number of aromatic nitrogens is 3. The molecule has 0 spiro atoms. The average Bonchev–Trinajstić information content (AvgIpc) is 3.38. The summed E-state index contributed by atoms with van der Waals surface area (Å²) < 4.78 is 53.4. The number of aryl methyl sites for hydroxylation is 1. The van der Waals surface area contributed by atoms with E-state index in [1.54, 1.807) is 32.2 Å². The molecule has 0 saturated carbocycles. The topological polar surface area (TPSA) is 90.4 Å². The van der Waals surface area contributed by atoms with Crippen LogP contribution in [0.15, 0.2) is 53.2 Å².